The van der Waals surface area contributed by atoms with E-state index in [0.717, 1.165) is 4.90 Å². The summed E-state index contributed by atoms with van der Waals surface area (Å²) in [7, 11) is 3.94. The summed E-state index contributed by atoms with van der Waals surface area (Å²) in [5.74, 6) is -1.76. The summed E-state index contributed by atoms with van der Waals surface area (Å²) in [4.78, 5) is 28.1. The van der Waals surface area contributed by atoms with Crippen LogP contribution in [0.2, 0.25) is 5.02 Å². The first-order valence-electron chi connectivity index (χ1n) is 8.76. The van der Waals surface area contributed by atoms with E-state index in [-0.39, 0.29) is 5.57 Å². The van der Waals surface area contributed by atoms with Gasteiger partial charge in [-0.25, -0.2) is 0 Å². The lowest BCUT2D eigenvalue weighted by Crippen LogP contribution is -3.06. The van der Waals surface area contributed by atoms with Gasteiger partial charge in [0.25, 0.3) is 5.91 Å². The van der Waals surface area contributed by atoms with Crippen molar-refractivity contribution in [2.45, 2.75) is 6.04 Å². The normalized spacial score (nSPS) is 19.1. The number of benzene rings is 2. The quantitative estimate of drug-likeness (QED) is 0.469. The lowest BCUT2D eigenvalue weighted by molar-refractivity contribution is -0.857. The second-order valence-electron chi connectivity index (χ2n) is 6.85. The predicted octanol–water partition coefficient (Wildman–Crippen LogP) is 0.709. The van der Waals surface area contributed by atoms with E-state index < -0.39 is 23.5 Å². The van der Waals surface area contributed by atoms with Crippen LogP contribution in [-0.4, -0.2) is 43.8 Å². The number of hydrogen-bond acceptors (Lipinski definition) is 3. The Morgan fingerprint density at radius 2 is 1.70 bits per heavy atom. The highest BCUT2D eigenvalue weighted by Gasteiger charge is 2.44. The van der Waals surface area contributed by atoms with Crippen molar-refractivity contribution in [3.8, 4) is 0 Å². The summed E-state index contributed by atoms with van der Waals surface area (Å²) in [6.07, 6.45) is 0. The maximum Gasteiger partial charge on any atom is 0.295 e. The van der Waals surface area contributed by atoms with Gasteiger partial charge in [0, 0.05) is 10.6 Å². The van der Waals surface area contributed by atoms with E-state index in [1.807, 2.05) is 14.1 Å². The van der Waals surface area contributed by atoms with Crippen LogP contribution in [0.15, 0.2) is 60.2 Å². The Morgan fingerprint density at radius 1 is 1.07 bits per heavy atom. The van der Waals surface area contributed by atoms with Gasteiger partial charge >= 0.3 is 0 Å². The fraction of sp³-hybridized carbons (Fsp3) is 0.238. The first-order chi connectivity index (χ1) is 12.9. The largest absolute Gasteiger partial charge is 0.872 e. The first kappa shape index (κ1) is 19.1. The molecule has 1 amide bonds. The average Bonchev–Trinajstić information content (AvgIpc) is 2.91. The van der Waals surface area contributed by atoms with Crippen molar-refractivity contribution < 1.29 is 19.6 Å². The number of quaternary nitrogens is 1. The van der Waals surface area contributed by atoms with Crippen LogP contribution >= 0.6 is 11.6 Å². The molecule has 0 radical (unpaired) electrons. The van der Waals surface area contributed by atoms with Crippen LogP contribution < -0.4 is 10.0 Å². The number of likely N-dealkylation sites (tertiary alicyclic amines) is 1. The molecule has 2 aromatic carbocycles. The molecule has 6 heteroatoms. The minimum Gasteiger partial charge on any atom is -0.872 e. The number of nitrogens with one attached hydrogen (secondary N) is 1. The van der Waals surface area contributed by atoms with Gasteiger partial charge in [-0.15, -0.1) is 0 Å². The van der Waals surface area contributed by atoms with Gasteiger partial charge in [-0.1, -0.05) is 59.8 Å². The van der Waals surface area contributed by atoms with Crippen LogP contribution in [0.3, 0.4) is 0 Å². The average molecular weight is 385 g/mol. The SMILES string of the molecule is C[NH+](C)CCN1C(=O)C(=O)/C(=C(/[O-])c2ccccc2)C1c1ccc(Cl)cc1. The Morgan fingerprint density at radius 3 is 2.30 bits per heavy atom. The second-order valence-corrected chi connectivity index (χ2v) is 7.28. The van der Waals surface area contributed by atoms with E-state index in [2.05, 4.69) is 0 Å². The summed E-state index contributed by atoms with van der Waals surface area (Å²) < 4.78 is 0. The monoisotopic (exact) mass is 384 g/mol. The summed E-state index contributed by atoms with van der Waals surface area (Å²) >= 11 is 5.99. The van der Waals surface area contributed by atoms with Crippen LogP contribution in [-0.2, 0) is 9.59 Å². The molecule has 140 valence electrons. The van der Waals surface area contributed by atoms with Crippen molar-refractivity contribution >= 4 is 29.1 Å². The van der Waals surface area contributed by atoms with Gasteiger partial charge in [-0.05, 0) is 23.3 Å². The fourth-order valence-electron chi connectivity index (χ4n) is 3.18. The molecule has 0 spiro atoms. The molecule has 2 aromatic rings. The Kier molecular flexibility index (Phi) is 5.63. The van der Waals surface area contributed by atoms with Gasteiger partial charge in [-0.2, -0.15) is 0 Å². The molecule has 1 fully saturated rings. The van der Waals surface area contributed by atoms with Gasteiger partial charge in [0.15, 0.2) is 0 Å². The maximum absolute atomic E-state index is 13.1. The van der Waals surface area contributed by atoms with Crippen LogP contribution in [0.5, 0.6) is 0 Å². The van der Waals surface area contributed by atoms with Crippen molar-refractivity contribution in [2.24, 2.45) is 0 Å². The minimum atomic E-state index is -0.724. The van der Waals surface area contributed by atoms with Gasteiger partial charge in [0.1, 0.15) is 0 Å². The Bertz CT molecular complexity index is 876. The third-order valence-electron chi connectivity index (χ3n) is 4.60. The lowest BCUT2D eigenvalue weighted by Gasteiger charge is -2.27. The highest BCUT2D eigenvalue weighted by Crippen LogP contribution is 2.38. The molecule has 1 N–H and O–H groups in total. The molecule has 5 nitrogen and oxygen atoms in total. The van der Waals surface area contributed by atoms with E-state index >= 15 is 0 Å². The number of carbonyl (C=O) groups excluding carboxylic acids is 2. The Balaban J connectivity index is 2.13. The molecule has 0 saturated carbocycles. The van der Waals surface area contributed by atoms with Gasteiger partial charge in [-0.3, -0.25) is 9.59 Å². The molecular weight excluding hydrogens is 364 g/mol. The molecule has 1 unspecified atom stereocenters. The summed E-state index contributed by atoms with van der Waals surface area (Å²) in [6.45, 7) is 1.04. The Hall–Kier alpha value is -2.63. The number of amides is 1. The third-order valence-corrected chi connectivity index (χ3v) is 4.86. The topological polar surface area (TPSA) is 64.9 Å². The first-order valence-corrected chi connectivity index (χ1v) is 9.14. The number of hydrogen-bond donors (Lipinski definition) is 1. The predicted molar refractivity (Wildman–Crippen MR) is 102 cm³/mol. The van der Waals surface area contributed by atoms with Crippen LogP contribution in [0.25, 0.3) is 5.76 Å². The third kappa shape index (κ3) is 3.89. The summed E-state index contributed by atoms with van der Waals surface area (Å²) in [5.41, 5.74) is 1.10. The van der Waals surface area contributed by atoms with Crippen molar-refractivity contribution in [3.63, 3.8) is 0 Å². The van der Waals surface area contributed by atoms with Crippen LogP contribution in [0, 0.1) is 0 Å². The standard InChI is InChI=1S/C21H21ClN2O3/c1-23(2)12-13-24-18(14-8-10-16(22)11-9-14)17(20(26)21(24)27)19(25)15-6-4-3-5-7-15/h3-11,18,25H,12-13H2,1-2H3/b19-17+. The molecule has 1 heterocycles. The molecular formula is C21H21ClN2O3. The van der Waals surface area contributed by atoms with Crippen molar-refractivity contribution in [1.82, 2.24) is 4.90 Å². The smallest absolute Gasteiger partial charge is 0.295 e. The minimum absolute atomic E-state index is 0.00211. The van der Waals surface area contributed by atoms with E-state index in [1.54, 1.807) is 54.6 Å². The van der Waals surface area contributed by atoms with Gasteiger partial charge in [0.2, 0.25) is 5.78 Å². The number of carbonyl (C=O) groups is 2. The number of halogens is 1. The van der Waals surface area contributed by atoms with Gasteiger partial charge in [0.05, 0.1) is 33.2 Å². The van der Waals surface area contributed by atoms with Crippen molar-refractivity contribution in [1.29, 1.82) is 0 Å². The zero-order chi connectivity index (χ0) is 19.6. The highest BCUT2D eigenvalue weighted by atomic mass is 35.5. The molecule has 27 heavy (non-hydrogen) atoms. The lowest BCUT2D eigenvalue weighted by atomic mass is 9.95. The highest BCUT2D eigenvalue weighted by molar-refractivity contribution is 6.46. The molecule has 1 aliphatic rings. The number of ketones is 1. The zero-order valence-electron chi connectivity index (χ0n) is 15.2. The van der Waals surface area contributed by atoms with Crippen LogP contribution in [0.4, 0.5) is 0 Å². The molecule has 1 aliphatic heterocycles. The molecule has 0 bridgehead atoms. The molecule has 0 aromatic heterocycles. The van der Waals surface area contributed by atoms with E-state index in [0.29, 0.717) is 29.2 Å². The number of rotatable bonds is 5. The summed E-state index contributed by atoms with van der Waals surface area (Å²) in [5, 5.41) is 13.6. The number of nitrogens with zero attached hydrogens (tertiary/aromatic N) is 1. The Labute approximate surface area is 163 Å². The molecule has 0 aliphatic carbocycles. The van der Waals surface area contributed by atoms with E-state index in [1.165, 1.54) is 4.90 Å². The molecule has 1 atom stereocenters. The number of likely N-dealkylation sites (N-methyl/N-ethyl adjacent to an activating group) is 1. The van der Waals surface area contributed by atoms with Crippen molar-refractivity contribution in [3.05, 3.63) is 76.3 Å². The number of Topliss-reactive ketones (excluding diaryl/α,β-unsaturated/α-hetero) is 1. The second kappa shape index (κ2) is 7.94. The van der Waals surface area contributed by atoms with E-state index in [9.17, 15) is 14.7 Å². The van der Waals surface area contributed by atoms with Gasteiger partial charge < -0.3 is 14.9 Å². The van der Waals surface area contributed by atoms with Crippen LogP contribution in [0.1, 0.15) is 17.2 Å². The molecule has 3 rings (SSSR count). The molecule has 1 saturated heterocycles. The maximum atomic E-state index is 13.1. The van der Waals surface area contributed by atoms with Crippen molar-refractivity contribution in [2.75, 3.05) is 27.2 Å². The van der Waals surface area contributed by atoms with E-state index in [4.69, 9.17) is 11.6 Å². The zero-order valence-corrected chi connectivity index (χ0v) is 16.0. The fourth-order valence-corrected chi connectivity index (χ4v) is 3.31. The summed E-state index contributed by atoms with van der Waals surface area (Å²) in [6, 6.07) is 14.8.